The summed E-state index contributed by atoms with van der Waals surface area (Å²) in [6, 6.07) is 1.07. The van der Waals surface area contributed by atoms with Crippen LogP contribution >= 0.6 is 15.9 Å². The number of benzene rings is 1. The molecule has 0 aromatic heterocycles. The van der Waals surface area contributed by atoms with Gasteiger partial charge >= 0.3 is 0 Å². The van der Waals surface area contributed by atoms with E-state index < -0.39 is 11.6 Å². The minimum atomic E-state index is -0.896. The summed E-state index contributed by atoms with van der Waals surface area (Å²) in [6.45, 7) is 4.85. The van der Waals surface area contributed by atoms with E-state index in [1.54, 1.807) is 0 Å². The van der Waals surface area contributed by atoms with E-state index in [2.05, 4.69) is 28.2 Å². The molecule has 0 aliphatic carbocycles. The predicted molar refractivity (Wildman–Crippen MR) is 69.8 cm³/mol. The van der Waals surface area contributed by atoms with Gasteiger partial charge in [-0.2, -0.15) is 4.39 Å². The van der Waals surface area contributed by atoms with Gasteiger partial charge in [-0.25, -0.2) is 4.39 Å². The molecule has 18 heavy (non-hydrogen) atoms. The maximum atomic E-state index is 13.7. The normalized spacial score (nSPS) is 21.8. The van der Waals surface area contributed by atoms with Crippen molar-refractivity contribution in [1.82, 2.24) is 5.32 Å². The van der Waals surface area contributed by atoms with Gasteiger partial charge in [0.15, 0.2) is 11.6 Å². The van der Waals surface area contributed by atoms with Gasteiger partial charge in [0.25, 0.3) is 0 Å². The second-order valence-electron chi connectivity index (χ2n) is 4.39. The van der Waals surface area contributed by atoms with Gasteiger partial charge in [0, 0.05) is 10.0 Å². The molecule has 2 nitrogen and oxygen atoms in total. The lowest BCUT2D eigenvalue weighted by molar-refractivity contribution is 0.178. The molecule has 1 aromatic rings. The number of hydrogen-bond acceptors (Lipinski definition) is 2. The Hall–Kier alpha value is -0.680. The van der Waals surface area contributed by atoms with E-state index in [9.17, 15) is 8.78 Å². The van der Waals surface area contributed by atoms with Gasteiger partial charge in [0.1, 0.15) is 6.10 Å². The average molecular weight is 320 g/mol. The van der Waals surface area contributed by atoms with E-state index >= 15 is 0 Å². The van der Waals surface area contributed by atoms with Gasteiger partial charge in [0.2, 0.25) is 5.82 Å². The number of ether oxygens (including phenoxy) is 1. The maximum Gasteiger partial charge on any atom is 0.201 e. The highest BCUT2D eigenvalue weighted by molar-refractivity contribution is 9.10. The van der Waals surface area contributed by atoms with Crippen LogP contribution in [0.1, 0.15) is 38.3 Å². The lowest BCUT2D eigenvalue weighted by Crippen LogP contribution is -2.31. The summed E-state index contributed by atoms with van der Waals surface area (Å²) in [5.74, 6) is -1.73. The molecule has 0 bridgehead atoms. The van der Waals surface area contributed by atoms with Crippen LogP contribution in [0.4, 0.5) is 8.78 Å². The molecule has 0 saturated carbocycles. The van der Waals surface area contributed by atoms with Gasteiger partial charge in [-0.3, -0.25) is 0 Å². The lowest BCUT2D eigenvalue weighted by Gasteiger charge is -2.19. The monoisotopic (exact) mass is 319 g/mol. The number of hydrogen-bond donors (Lipinski definition) is 1. The highest BCUT2D eigenvalue weighted by Gasteiger charge is 2.37. The lowest BCUT2D eigenvalue weighted by atomic mass is 10.0. The third kappa shape index (κ3) is 2.26. The standard InChI is InChI=1S/C13H16BrF2NO/c1-3-5-17-12-9(4-2)18-13-10(12)7(14)6-8(15)11(13)16/h6,9,12,17H,3-5H2,1-2H3. The zero-order valence-corrected chi connectivity index (χ0v) is 12.0. The number of fused-ring (bicyclic) bond motifs is 1. The van der Waals surface area contributed by atoms with Crippen LogP contribution in [-0.4, -0.2) is 12.6 Å². The topological polar surface area (TPSA) is 21.3 Å². The highest BCUT2D eigenvalue weighted by Crippen LogP contribution is 2.44. The fraction of sp³-hybridized carbons (Fsp3) is 0.538. The number of rotatable bonds is 4. The molecule has 2 unspecified atom stereocenters. The fourth-order valence-corrected chi connectivity index (χ4v) is 2.88. The molecule has 1 heterocycles. The Balaban J connectivity index is 2.42. The molecule has 100 valence electrons. The molecule has 2 rings (SSSR count). The Morgan fingerprint density at radius 2 is 2.11 bits per heavy atom. The molecule has 1 aromatic carbocycles. The van der Waals surface area contributed by atoms with Crippen molar-refractivity contribution in [2.75, 3.05) is 6.54 Å². The molecule has 0 saturated heterocycles. The summed E-state index contributed by atoms with van der Waals surface area (Å²) in [5, 5.41) is 3.33. The third-order valence-electron chi connectivity index (χ3n) is 3.13. The first-order valence-electron chi connectivity index (χ1n) is 6.17. The Morgan fingerprint density at radius 3 is 2.72 bits per heavy atom. The van der Waals surface area contributed by atoms with Gasteiger partial charge in [-0.15, -0.1) is 0 Å². The van der Waals surface area contributed by atoms with Gasteiger partial charge in [-0.1, -0.05) is 29.8 Å². The molecule has 5 heteroatoms. The van der Waals surface area contributed by atoms with Crippen molar-refractivity contribution in [3.8, 4) is 5.75 Å². The van der Waals surface area contributed by atoms with Crippen LogP contribution in [0.5, 0.6) is 5.75 Å². The Morgan fingerprint density at radius 1 is 1.39 bits per heavy atom. The second-order valence-corrected chi connectivity index (χ2v) is 5.25. The van der Waals surface area contributed by atoms with E-state index in [0.717, 1.165) is 25.5 Å². The Bertz CT molecular complexity index is 453. The fourth-order valence-electron chi connectivity index (χ4n) is 2.25. The quantitative estimate of drug-likeness (QED) is 0.849. The predicted octanol–water partition coefficient (Wildman–Crippen LogP) is 3.94. The SMILES string of the molecule is CCCNC1c2c(Br)cc(F)c(F)c2OC1CC. The van der Waals surface area contributed by atoms with Crippen LogP contribution in [0.15, 0.2) is 10.5 Å². The maximum absolute atomic E-state index is 13.7. The molecule has 2 atom stereocenters. The zero-order valence-electron chi connectivity index (χ0n) is 10.4. The van der Waals surface area contributed by atoms with Crippen LogP contribution in [-0.2, 0) is 0 Å². The minimum Gasteiger partial charge on any atom is -0.485 e. The molecule has 0 fully saturated rings. The van der Waals surface area contributed by atoms with Crippen molar-refractivity contribution in [3.05, 3.63) is 27.7 Å². The van der Waals surface area contributed by atoms with Crippen LogP contribution in [0.25, 0.3) is 0 Å². The van der Waals surface area contributed by atoms with Crippen LogP contribution in [0, 0.1) is 11.6 Å². The molecular formula is C13H16BrF2NO. The highest BCUT2D eigenvalue weighted by atomic mass is 79.9. The molecular weight excluding hydrogens is 304 g/mol. The van der Waals surface area contributed by atoms with E-state index in [-0.39, 0.29) is 17.9 Å². The largest absolute Gasteiger partial charge is 0.485 e. The van der Waals surface area contributed by atoms with Gasteiger partial charge in [-0.05, 0) is 25.5 Å². The van der Waals surface area contributed by atoms with Gasteiger partial charge in [0.05, 0.1) is 6.04 Å². The Labute approximate surface area is 114 Å². The summed E-state index contributed by atoms with van der Waals surface area (Å²) < 4.78 is 33.2. The van der Waals surface area contributed by atoms with E-state index in [0.29, 0.717) is 10.0 Å². The van der Waals surface area contributed by atoms with Gasteiger partial charge < -0.3 is 10.1 Å². The third-order valence-corrected chi connectivity index (χ3v) is 3.79. The zero-order chi connectivity index (χ0) is 13.3. The van der Waals surface area contributed by atoms with Crippen LogP contribution in [0.2, 0.25) is 0 Å². The molecule has 0 spiro atoms. The second kappa shape index (κ2) is 5.53. The molecule has 0 amide bonds. The first-order chi connectivity index (χ1) is 8.60. The van der Waals surface area contributed by atoms with E-state index in [1.165, 1.54) is 0 Å². The summed E-state index contributed by atoms with van der Waals surface area (Å²) in [7, 11) is 0. The molecule has 1 aliphatic heterocycles. The summed E-state index contributed by atoms with van der Waals surface area (Å²) >= 11 is 3.29. The van der Waals surface area contributed by atoms with Crippen LogP contribution in [0.3, 0.4) is 0 Å². The minimum absolute atomic E-state index is 0.0438. The van der Waals surface area contributed by atoms with Crippen molar-refractivity contribution >= 4 is 15.9 Å². The molecule has 1 aliphatic rings. The van der Waals surface area contributed by atoms with E-state index in [4.69, 9.17) is 4.74 Å². The summed E-state index contributed by atoms with van der Waals surface area (Å²) in [6.07, 6.45) is 1.56. The van der Waals surface area contributed by atoms with Crippen molar-refractivity contribution in [3.63, 3.8) is 0 Å². The number of nitrogens with one attached hydrogen (secondary N) is 1. The average Bonchev–Trinajstić information content (AvgIpc) is 2.72. The van der Waals surface area contributed by atoms with Crippen LogP contribution < -0.4 is 10.1 Å². The molecule has 0 radical (unpaired) electrons. The summed E-state index contributed by atoms with van der Waals surface area (Å²) in [5.41, 5.74) is 0.689. The first-order valence-corrected chi connectivity index (χ1v) is 6.96. The van der Waals surface area contributed by atoms with Crippen molar-refractivity contribution < 1.29 is 13.5 Å². The van der Waals surface area contributed by atoms with Crippen molar-refractivity contribution in [2.24, 2.45) is 0 Å². The van der Waals surface area contributed by atoms with E-state index in [1.807, 2.05) is 6.92 Å². The Kier molecular flexibility index (Phi) is 4.22. The molecule has 1 N–H and O–H groups in total. The van der Waals surface area contributed by atoms with Crippen molar-refractivity contribution in [1.29, 1.82) is 0 Å². The smallest absolute Gasteiger partial charge is 0.201 e. The summed E-state index contributed by atoms with van der Waals surface area (Å²) in [4.78, 5) is 0. The van der Waals surface area contributed by atoms with Crippen molar-refractivity contribution in [2.45, 2.75) is 38.8 Å². The number of halogens is 3. The first kappa shape index (κ1) is 13.7.